The summed E-state index contributed by atoms with van der Waals surface area (Å²) >= 11 is 4.40. The molecule has 2 heteroatoms. The van der Waals surface area contributed by atoms with Crippen LogP contribution in [0.2, 0.25) is 0 Å². The van der Waals surface area contributed by atoms with Crippen molar-refractivity contribution in [3.8, 4) is 0 Å². The van der Waals surface area contributed by atoms with E-state index in [1.165, 1.54) is 25.9 Å². The van der Waals surface area contributed by atoms with Crippen molar-refractivity contribution < 1.29 is 0 Å². The second-order valence-corrected chi connectivity index (χ2v) is 3.94. The van der Waals surface area contributed by atoms with Gasteiger partial charge in [0.05, 0.1) is 0 Å². The summed E-state index contributed by atoms with van der Waals surface area (Å²) < 4.78 is 0. The van der Waals surface area contributed by atoms with Crippen molar-refractivity contribution >= 4 is 12.6 Å². The molecule has 0 bridgehead atoms. The molecule has 1 aliphatic heterocycles. The molecule has 0 aromatic rings. The first-order valence-corrected chi connectivity index (χ1v) is 4.67. The second-order valence-electron chi connectivity index (χ2n) is 3.19. The fourth-order valence-electron chi connectivity index (χ4n) is 1.54. The Balaban J connectivity index is 2.28. The third kappa shape index (κ3) is 1.89. The Morgan fingerprint density at radius 3 is 2.70 bits per heavy atom. The summed E-state index contributed by atoms with van der Waals surface area (Å²) in [7, 11) is 0. The molecule has 60 valence electrons. The number of hydrogen-bond donors (Lipinski definition) is 1. The van der Waals surface area contributed by atoms with Gasteiger partial charge in [0.15, 0.2) is 0 Å². The Bertz CT molecular complexity index is 103. The van der Waals surface area contributed by atoms with Gasteiger partial charge in [0.25, 0.3) is 0 Å². The van der Waals surface area contributed by atoms with Crippen LogP contribution < -0.4 is 0 Å². The zero-order valence-electron chi connectivity index (χ0n) is 6.88. The molecule has 1 aliphatic rings. The van der Waals surface area contributed by atoms with Gasteiger partial charge in [0.2, 0.25) is 0 Å². The van der Waals surface area contributed by atoms with E-state index in [1.54, 1.807) is 0 Å². The highest BCUT2D eigenvalue weighted by Gasteiger charge is 2.22. The van der Waals surface area contributed by atoms with Crippen LogP contribution >= 0.6 is 12.6 Å². The lowest BCUT2D eigenvalue weighted by atomic mass is 10.1. The predicted octanol–water partition coefficient (Wildman–Crippen LogP) is 1.99. The van der Waals surface area contributed by atoms with Crippen LogP contribution in [0, 0.1) is 5.92 Å². The number of hydrogen-bond acceptors (Lipinski definition) is 2. The van der Waals surface area contributed by atoms with Gasteiger partial charge in [-0.2, -0.15) is 12.6 Å². The molecule has 0 saturated carbocycles. The fourth-order valence-corrected chi connectivity index (χ4v) is 1.74. The number of likely N-dealkylation sites (tertiary alicyclic amines) is 1. The minimum atomic E-state index is 0.455. The Hall–Kier alpha value is 0.310. The van der Waals surface area contributed by atoms with Gasteiger partial charge in [0.1, 0.15) is 0 Å². The molecule has 0 amide bonds. The number of nitrogens with zero attached hydrogens (tertiary/aromatic N) is 1. The van der Waals surface area contributed by atoms with Gasteiger partial charge < -0.3 is 0 Å². The van der Waals surface area contributed by atoms with E-state index < -0.39 is 0 Å². The molecule has 0 N–H and O–H groups in total. The Labute approximate surface area is 69.2 Å². The van der Waals surface area contributed by atoms with Crippen molar-refractivity contribution in [1.82, 2.24) is 4.90 Å². The molecule has 0 aromatic heterocycles. The molecule has 2 unspecified atom stereocenters. The largest absolute Gasteiger partial charge is 0.292 e. The van der Waals surface area contributed by atoms with Crippen LogP contribution in [0.1, 0.15) is 26.7 Å². The minimum absolute atomic E-state index is 0.455. The van der Waals surface area contributed by atoms with Crippen LogP contribution in [0.3, 0.4) is 0 Å². The maximum Gasteiger partial charge on any atom is 0.0499 e. The lowest BCUT2D eigenvalue weighted by molar-refractivity contribution is 0.318. The third-order valence-electron chi connectivity index (χ3n) is 2.42. The molecule has 1 rings (SSSR count). The average Bonchev–Trinajstić information content (AvgIpc) is 2.34. The summed E-state index contributed by atoms with van der Waals surface area (Å²) in [5.41, 5.74) is 0. The van der Waals surface area contributed by atoms with Crippen molar-refractivity contribution in [2.45, 2.75) is 32.1 Å². The number of rotatable bonds is 2. The summed E-state index contributed by atoms with van der Waals surface area (Å²) in [6.07, 6.45) is 2.71. The van der Waals surface area contributed by atoms with Crippen molar-refractivity contribution in [3.05, 3.63) is 0 Å². The molecular formula is C8H17NS. The second kappa shape index (κ2) is 3.63. The van der Waals surface area contributed by atoms with Gasteiger partial charge in [-0.25, -0.2) is 0 Å². The Morgan fingerprint density at radius 2 is 2.40 bits per heavy atom. The Kier molecular flexibility index (Phi) is 3.05. The van der Waals surface area contributed by atoms with Crippen LogP contribution in [0.15, 0.2) is 0 Å². The van der Waals surface area contributed by atoms with Crippen molar-refractivity contribution in [3.63, 3.8) is 0 Å². The van der Waals surface area contributed by atoms with E-state index in [-0.39, 0.29) is 0 Å². The average molecular weight is 159 g/mol. The molecule has 0 aliphatic carbocycles. The zero-order chi connectivity index (χ0) is 7.56. The molecule has 1 saturated heterocycles. The quantitative estimate of drug-likeness (QED) is 0.603. The van der Waals surface area contributed by atoms with Gasteiger partial charge in [0, 0.05) is 11.9 Å². The molecule has 1 fully saturated rings. The number of thiol groups is 1. The molecule has 1 nitrogen and oxygen atoms in total. The molecular weight excluding hydrogens is 142 g/mol. The van der Waals surface area contributed by atoms with Gasteiger partial charge in [-0.05, 0) is 25.8 Å². The van der Waals surface area contributed by atoms with Crippen molar-refractivity contribution in [2.75, 3.05) is 13.1 Å². The smallest absolute Gasteiger partial charge is 0.0499 e. The zero-order valence-corrected chi connectivity index (χ0v) is 7.77. The molecule has 10 heavy (non-hydrogen) atoms. The van der Waals surface area contributed by atoms with Crippen LogP contribution in [-0.2, 0) is 0 Å². The monoisotopic (exact) mass is 159 g/mol. The van der Waals surface area contributed by atoms with E-state index in [0.29, 0.717) is 5.37 Å². The maximum absolute atomic E-state index is 4.40. The molecule has 0 radical (unpaired) electrons. The molecule has 0 spiro atoms. The first kappa shape index (κ1) is 8.41. The first-order valence-electron chi connectivity index (χ1n) is 4.16. The van der Waals surface area contributed by atoms with Gasteiger partial charge in [-0.1, -0.05) is 13.3 Å². The third-order valence-corrected chi connectivity index (χ3v) is 2.75. The van der Waals surface area contributed by atoms with E-state index in [2.05, 4.69) is 31.4 Å². The summed E-state index contributed by atoms with van der Waals surface area (Å²) in [4.78, 5) is 2.44. The highest BCUT2D eigenvalue weighted by molar-refractivity contribution is 7.80. The molecule has 0 aromatic carbocycles. The Morgan fingerprint density at radius 1 is 1.70 bits per heavy atom. The highest BCUT2D eigenvalue weighted by Crippen LogP contribution is 2.21. The van der Waals surface area contributed by atoms with Crippen molar-refractivity contribution in [2.24, 2.45) is 5.92 Å². The SMILES string of the molecule is CCC1CCN(C(C)S)C1. The maximum atomic E-state index is 4.40. The van der Waals surface area contributed by atoms with Gasteiger partial charge >= 0.3 is 0 Å². The van der Waals surface area contributed by atoms with E-state index in [4.69, 9.17) is 0 Å². The summed E-state index contributed by atoms with van der Waals surface area (Å²) in [6.45, 7) is 6.95. The lowest BCUT2D eigenvalue weighted by Gasteiger charge is -2.18. The normalized spacial score (nSPS) is 30.9. The van der Waals surface area contributed by atoms with Crippen LogP contribution in [-0.4, -0.2) is 23.4 Å². The summed E-state index contributed by atoms with van der Waals surface area (Å²) in [5.74, 6) is 0.939. The van der Waals surface area contributed by atoms with E-state index in [9.17, 15) is 0 Å². The van der Waals surface area contributed by atoms with E-state index in [1.807, 2.05) is 0 Å². The lowest BCUT2D eigenvalue weighted by Crippen LogP contribution is -2.26. The standard InChI is InChI=1S/C8H17NS/c1-3-8-4-5-9(6-8)7(2)10/h7-8,10H,3-6H2,1-2H3. The van der Waals surface area contributed by atoms with Gasteiger partial charge in [-0.15, -0.1) is 0 Å². The van der Waals surface area contributed by atoms with Crippen molar-refractivity contribution in [1.29, 1.82) is 0 Å². The van der Waals surface area contributed by atoms with Crippen LogP contribution in [0.5, 0.6) is 0 Å². The van der Waals surface area contributed by atoms with E-state index in [0.717, 1.165) is 5.92 Å². The predicted molar refractivity (Wildman–Crippen MR) is 48.4 cm³/mol. The van der Waals surface area contributed by atoms with Gasteiger partial charge in [-0.3, -0.25) is 4.90 Å². The topological polar surface area (TPSA) is 3.24 Å². The fraction of sp³-hybridized carbons (Fsp3) is 1.00. The first-order chi connectivity index (χ1) is 4.74. The molecule has 2 atom stereocenters. The van der Waals surface area contributed by atoms with E-state index >= 15 is 0 Å². The summed E-state index contributed by atoms with van der Waals surface area (Å²) in [5, 5.41) is 0.455. The molecule has 1 heterocycles. The minimum Gasteiger partial charge on any atom is -0.292 e. The van der Waals surface area contributed by atoms with Crippen LogP contribution in [0.4, 0.5) is 0 Å². The van der Waals surface area contributed by atoms with Crippen LogP contribution in [0.25, 0.3) is 0 Å². The summed E-state index contributed by atoms with van der Waals surface area (Å²) in [6, 6.07) is 0. The highest BCUT2D eigenvalue weighted by atomic mass is 32.1.